The topological polar surface area (TPSA) is 79.2 Å². The maximum atomic E-state index is 9.96. The van der Waals surface area contributed by atoms with Crippen molar-refractivity contribution < 1.29 is 24.8 Å². The molecule has 0 saturated carbocycles. The summed E-state index contributed by atoms with van der Waals surface area (Å²) >= 11 is 0. The standard InChI is InChI=1S/C26H50O5/c1-2-3-4-5-6-7-8-9-10-11-12-13-14-15-16-17-18-19-20-30-21-24(28)26-25(29)23(27)22-31-26/h10-11,23-29H,2-9,12-22H2,1H3/b11-10+/t23-,24+,25+,26+/m0/s1. The lowest BCUT2D eigenvalue weighted by Crippen LogP contribution is -2.40. The van der Waals surface area contributed by atoms with Crippen molar-refractivity contribution in [2.24, 2.45) is 0 Å². The lowest BCUT2D eigenvalue weighted by molar-refractivity contribution is -0.0813. The first-order valence-corrected chi connectivity index (χ1v) is 13.0. The van der Waals surface area contributed by atoms with Gasteiger partial charge in [0.1, 0.15) is 24.4 Å². The zero-order valence-corrected chi connectivity index (χ0v) is 20.1. The van der Waals surface area contributed by atoms with Crippen LogP contribution >= 0.6 is 0 Å². The molecule has 1 aliphatic rings. The molecule has 0 amide bonds. The average molecular weight is 443 g/mol. The van der Waals surface area contributed by atoms with Crippen LogP contribution < -0.4 is 0 Å². The van der Waals surface area contributed by atoms with Gasteiger partial charge >= 0.3 is 0 Å². The molecule has 1 heterocycles. The van der Waals surface area contributed by atoms with Crippen LogP contribution in [0.3, 0.4) is 0 Å². The summed E-state index contributed by atoms with van der Waals surface area (Å²) in [5, 5.41) is 29.1. The summed E-state index contributed by atoms with van der Waals surface area (Å²) in [6.07, 6.45) is 22.0. The summed E-state index contributed by atoms with van der Waals surface area (Å²) in [4.78, 5) is 0. The fourth-order valence-electron chi connectivity index (χ4n) is 4.07. The highest BCUT2D eigenvalue weighted by Crippen LogP contribution is 2.18. The van der Waals surface area contributed by atoms with Gasteiger partial charge in [0.25, 0.3) is 0 Å². The van der Waals surface area contributed by atoms with Crippen LogP contribution in [-0.4, -0.2) is 59.6 Å². The number of allylic oxidation sites excluding steroid dienone is 2. The quantitative estimate of drug-likeness (QED) is 0.166. The molecule has 0 aromatic rings. The Morgan fingerprint density at radius 2 is 1.32 bits per heavy atom. The van der Waals surface area contributed by atoms with E-state index in [4.69, 9.17) is 9.47 Å². The zero-order valence-electron chi connectivity index (χ0n) is 20.1. The van der Waals surface area contributed by atoms with E-state index in [0.717, 1.165) is 12.8 Å². The lowest BCUT2D eigenvalue weighted by atomic mass is 10.1. The van der Waals surface area contributed by atoms with Crippen molar-refractivity contribution in [2.75, 3.05) is 19.8 Å². The predicted molar refractivity (Wildman–Crippen MR) is 127 cm³/mol. The van der Waals surface area contributed by atoms with Crippen molar-refractivity contribution in [3.63, 3.8) is 0 Å². The molecule has 1 saturated heterocycles. The van der Waals surface area contributed by atoms with Crippen LogP contribution in [-0.2, 0) is 9.47 Å². The third-order valence-electron chi connectivity index (χ3n) is 6.16. The van der Waals surface area contributed by atoms with Gasteiger partial charge in [-0.25, -0.2) is 0 Å². The number of aliphatic hydroxyl groups excluding tert-OH is 3. The van der Waals surface area contributed by atoms with E-state index < -0.39 is 24.4 Å². The molecular formula is C26H50O5. The number of aliphatic hydroxyl groups is 3. The van der Waals surface area contributed by atoms with Crippen molar-refractivity contribution in [3.8, 4) is 0 Å². The maximum absolute atomic E-state index is 9.96. The number of rotatable bonds is 21. The highest BCUT2D eigenvalue weighted by Gasteiger charge is 2.39. The Bertz CT molecular complexity index is 415. The molecule has 1 fully saturated rings. The van der Waals surface area contributed by atoms with Gasteiger partial charge in [0.2, 0.25) is 0 Å². The van der Waals surface area contributed by atoms with Crippen LogP contribution in [0.25, 0.3) is 0 Å². The van der Waals surface area contributed by atoms with Gasteiger partial charge in [0.05, 0.1) is 13.2 Å². The van der Waals surface area contributed by atoms with Crippen LogP contribution in [0.15, 0.2) is 12.2 Å². The molecule has 4 atom stereocenters. The molecule has 5 heteroatoms. The Morgan fingerprint density at radius 1 is 0.806 bits per heavy atom. The third-order valence-corrected chi connectivity index (χ3v) is 6.16. The summed E-state index contributed by atoms with van der Waals surface area (Å²) in [6, 6.07) is 0. The highest BCUT2D eigenvalue weighted by atomic mass is 16.5. The van der Waals surface area contributed by atoms with E-state index in [2.05, 4.69) is 19.1 Å². The van der Waals surface area contributed by atoms with E-state index in [-0.39, 0.29) is 13.2 Å². The maximum Gasteiger partial charge on any atom is 0.114 e. The summed E-state index contributed by atoms with van der Waals surface area (Å²) in [6.45, 7) is 3.10. The second-order valence-electron chi connectivity index (χ2n) is 9.14. The Kier molecular flexibility index (Phi) is 18.6. The van der Waals surface area contributed by atoms with E-state index in [0.29, 0.717) is 6.61 Å². The monoisotopic (exact) mass is 442 g/mol. The molecule has 0 aliphatic carbocycles. The van der Waals surface area contributed by atoms with E-state index in [9.17, 15) is 15.3 Å². The molecule has 0 radical (unpaired) electrons. The minimum atomic E-state index is -1.03. The highest BCUT2D eigenvalue weighted by molar-refractivity contribution is 4.87. The molecule has 0 unspecified atom stereocenters. The van der Waals surface area contributed by atoms with Gasteiger partial charge in [-0.05, 0) is 32.1 Å². The molecule has 184 valence electrons. The van der Waals surface area contributed by atoms with Crippen LogP contribution in [0, 0.1) is 0 Å². The number of unbranched alkanes of at least 4 members (excludes halogenated alkanes) is 14. The van der Waals surface area contributed by atoms with Gasteiger partial charge in [0, 0.05) is 6.61 Å². The molecule has 5 nitrogen and oxygen atoms in total. The first-order valence-electron chi connectivity index (χ1n) is 13.0. The Labute approximate surface area is 191 Å². The van der Waals surface area contributed by atoms with E-state index >= 15 is 0 Å². The van der Waals surface area contributed by atoms with Gasteiger partial charge in [-0.15, -0.1) is 0 Å². The summed E-state index contributed by atoms with van der Waals surface area (Å²) in [5.41, 5.74) is 0. The van der Waals surface area contributed by atoms with Gasteiger partial charge < -0.3 is 24.8 Å². The molecule has 31 heavy (non-hydrogen) atoms. The Morgan fingerprint density at radius 3 is 1.84 bits per heavy atom. The van der Waals surface area contributed by atoms with Crippen LogP contribution in [0.4, 0.5) is 0 Å². The van der Waals surface area contributed by atoms with Crippen LogP contribution in [0.5, 0.6) is 0 Å². The van der Waals surface area contributed by atoms with E-state index in [1.54, 1.807) is 0 Å². The Hall–Kier alpha value is -0.460. The minimum absolute atomic E-state index is 0.0679. The average Bonchev–Trinajstić information content (AvgIpc) is 3.10. The summed E-state index contributed by atoms with van der Waals surface area (Å²) in [7, 11) is 0. The molecule has 1 rings (SSSR count). The largest absolute Gasteiger partial charge is 0.388 e. The predicted octanol–water partition coefficient (Wildman–Crippen LogP) is 5.30. The lowest BCUT2D eigenvalue weighted by Gasteiger charge is -2.20. The molecule has 1 aliphatic heterocycles. The normalized spacial score (nSPS) is 22.5. The first kappa shape index (κ1) is 28.6. The molecular weight excluding hydrogens is 392 g/mol. The second-order valence-corrected chi connectivity index (χ2v) is 9.14. The summed E-state index contributed by atoms with van der Waals surface area (Å²) in [5.74, 6) is 0. The van der Waals surface area contributed by atoms with Gasteiger partial charge in [-0.2, -0.15) is 0 Å². The summed E-state index contributed by atoms with van der Waals surface area (Å²) < 4.78 is 10.7. The van der Waals surface area contributed by atoms with Crippen molar-refractivity contribution in [1.29, 1.82) is 0 Å². The second kappa shape index (κ2) is 20.2. The SMILES string of the molecule is CCCCCCCCC/C=C/CCCCCCCCCOC[C@@H](O)[C@H]1OC[C@H](O)[C@H]1O. The third kappa shape index (κ3) is 15.1. The van der Waals surface area contributed by atoms with Crippen LogP contribution in [0.2, 0.25) is 0 Å². The Balaban J connectivity index is 1.76. The first-order chi connectivity index (χ1) is 15.2. The van der Waals surface area contributed by atoms with E-state index in [1.165, 1.54) is 89.9 Å². The minimum Gasteiger partial charge on any atom is -0.388 e. The van der Waals surface area contributed by atoms with Crippen molar-refractivity contribution in [1.82, 2.24) is 0 Å². The van der Waals surface area contributed by atoms with Crippen molar-refractivity contribution in [3.05, 3.63) is 12.2 Å². The van der Waals surface area contributed by atoms with Crippen molar-refractivity contribution in [2.45, 2.75) is 134 Å². The molecule has 0 aromatic carbocycles. The molecule has 3 N–H and O–H groups in total. The van der Waals surface area contributed by atoms with Crippen molar-refractivity contribution >= 4 is 0 Å². The molecule has 0 aromatic heterocycles. The smallest absolute Gasteiger partial charge is 0.114 e. The van der Waals surface area contributed by atoms with Gasteiger partial charge in [-0.3, -0.25) is 0 Å². The number of hydrogen-bond acceptors (Lipinski definition) is 5. The molecule has 0 bridgehead atoms. The van der Waals surface area contributed by atoms with Crippen LogP contribution in [0.1, 0.15) is 110 Å². The van der Waals surface area contributed by atoms with E-state index in [1.807, 2.05) is 0 Å². The van der Waals surface area contributed by atoms with Gasteiger partial charge in [-0.1, -0.05) is 89.7 Å². The fourth-order valence-corrected chi connectivity index (χ4v) is 4.07. The number of ether oxygens (including phenoxy) is 2. The zero-order chi connectivity index (χ0) is 22.6. The fraction of sp³-hybridized carbons (Fsp3) is 0.923. The molecule has 0 spiro atoms. The van der Waals surface area contributed by atoms with Gasteiger partial charge in [0.15, 0.2) is 0 Å². The number of hydrogen-bond donors (Lipinski definition) is 3.